The third kappa shape index (κ3) is 4.20. The molecule has 0 bridgehead atoms. The molecule has 8 nitrogen and oxygen atoms in total. The number of non-ortho nitro benzene ring substituents is 1. The molecule has 0 aliphatic rings. The van der Waals surface area contributed by atoms with Gasteiger partial charge in [0.25, 0.3) is 5.69 Å². The minimum absolute atomic E-state index is 0.0651. The van der Waals surface area contributed by atoms with Gasteiger partial charge in [-0.25, -0.2) is 0 Å². The van der Waals surface area contributed by atoms with Gasteiger partial charge in [-0.1, -0.05) is 42.1 Å². The molecule has 1 N–H and O–H groups in total. The van der Waals surface area contributed by atoms with Gasteiger partial charge >= 0.3 is 0 Å². The maximum Gasteiger partial charge on any atom is 0.271 e. The molecule has 1 aromatic heterocycles. The van der Waals surface area contributed by atoms with E-state index in [0.29, 0.717) is 10.8 Å². The number of anilines is 1. The second-order valence-corrected chi connectivity index (χ2v) is 7.22. The predicted molar refractivity (Wildman–Crippen MR) is 108 cm³/mol. The first-order valence-corrected chi connectivity index (χ1v) is 9.48. The molecule has 1 amide bonds. The highest BCUT2D eigenvalue weighted by atomic mass is 32.2. The van der Waals surface area contributed by atoms with Crippen LogP contribution in [0.4, 0.5) is 11.4 Å². The van der Waals surface area contributed by atoms with Crippen molar-refractivity contribution < 1.29 is 9.72 Å². The Balaban J connectivity index is 1.68. The fourth-order valence-electron chi connectivity index (χ4n) is 2.67. The molecule has 0 atom stereocenters. The molecule has 144 valence electrons. The van der Waals surface area contributed by atoms with Gasteiger partial charge in [0.05, 0.1) is 16.4 Å². The number of nitro groups is 1. The number of nitrogens with one attached hydrogen (secondary N) is 1. The van der Waals surface area contributed by atoms with Crippen molar-refractivity contribution in [3.8, 4) is 11.4 Å². The highest BCUT2D eigenvalue weighted by molar-refractivity contribution is 7.99. The number of aryl methyl sites for hydroxylation is 2. The molecule has 0 unspecified atom stereocenters. The van der Waals surface area contributed by atoms with E-state index in [0.717, 1.165) is 22.5 Å². The average molecular weight is 397 g/mol. The van der Waals surface area contributed by atoms with E-state index >= 15 is 0 Å². The van der Waals surface area contributed by atoms with Gasteiger partial charge in [-0.15, -0.1) is 10.2 Å². The van der Waals surface area contributed by atoms with Crippen molar-refractivity contribution >= 4 is 29.0 Å². The number of aromatic nitrogens is 3. The van der Waals surface area contributed by atoms with E-state index in [2.05, 4.69) is 15.5 Å². The predicted octanol–water partition coefficient (Wildman–Crippen LogP) is 3.74. The highest BCUT2D eigenvalue weighted by Crippen LogP contribution is 2.26. The molecule has 9 heteroatoms. The van der Waals surface area contributed by atoms with Crippen LogP contribution in [0.2, 0.25) is 0 Å². The third-order valence-corrected chi connectivity index (χ3v) is 5.28. The number of benzene rings is 2. The van der Waals surface area contributed by atoms with Gasteiger partial charge in [0.15, 0.2) is 11.0 Å². The van der Waals surface area contributed by atoms with E-state index in [1.165, 1.54) is 23.9 Å². The number of amides is 1. The van der Waals surface area contributed by atoms with Crippen molar-refractivity contribution in [3.05, 3.63) is 63.7 Å². The summed E-state index contributed by atoms with van der Waals surface area (Å²) in [7, 11) is 1.85. The minimum atomic E-state index is -0.490. The SMILES string of the molecule is Cc1ccc([N+](=O)[O-])cc1NC(=O)CSc1nnc(-c2ccccc2C)n1C. The number of nitrogens with zero attached hydrogens (tertiary/aromatic N) is 4. The maximum absolute atomic E-state index is 12.3. The lowest BCUT2D eigenvalue weighted by atomic mass is 10.1. The molecule has 0 aliphatic carbocycles. The van der Waals surface area contributed by atoms with Gasteiger partial charge in [-0.05, 0) is 25.0 Å². The molecule has 0 saturated carbocycles. The maximum atomic E-state index is 12.3. The first kappa shape index (κ1) is 19.6. The Bertz CT molecular complexity index is 1050. The second-order valence-electron chi connectivity index (χ2n) is 6.27. The summed E-state index contributed by atoms with van der Waals surface area (Å²) in [5, 5.41) is 22.7. The van der Waals surface area contributed by atoms with Crippen molar-refractivity contribution in [2.75, 3.05) is 11.1 Å². The van der Waals surface area contributed by atoms with E-state index in [4.69, 9.17) is 0 Å². The summed E-state index contributed by atoms with van der Waals surface area (Å²) in [4.78, 5) is 22.7. The minimum Gasteiger partial charge on any atom is -0.325 e. The van der Waals surface area contributed by atoms with Crippen molar-refractivity contribution in [1.29, 1.82) is 0 Å². The fraction of sp³-hybridized carbons (Fsp3) is 0.211. The van der Waals surface area contributed by atoms with E-state index in [1.54, 1.807) is 13.0 Å². The van der Waals surface area contributed by atoms with Crippen molar-refractivity contribution in [1.82, 2.24) is 14.8 Å². The molecular weight excluding hydrogens is 378 g/mol. The normalized spacial score (nSPS) is 10.7. The lowest BCUT2D eigenvalue weighted by molar-refractivity contribution is -0.384. The van der Waals surface area contributed by atoms with Crippen LogP contribution in [-0.4, -0.2) is 31.3 Å². The zero-order valence-corrected chi connectivity index (χ0v) is 16.5. The number of hydrogen-bond acceptors (Lipinski definition) is 6. The van der Waals surface area contributed by atoms with Gasteiger partial charge in [-0.2, -0.15) is 0 Å². The molecule has 28 heavy (non-hydrogen) atoms. The summed E-state index contributed by atoms with van der Waals surface area (Å²) in [5.41, 5.74) is 3.20. The summed E-state index contributed by atoms with van der Waals surface area (Å²) in [5.74, 6) is 0.576. The molecule has 0 aliphatic heterocycles. The number of thioether (sulfide) groups is 1. The number of rotatable bonds is 6. The Morgan fingerprint density at radius 3 is 2.64 bits per heavy atom. The molecule has 3 aromatic rings. The monoisotopic (exact) mass is 397 g/mol. The van der Waals surface area contributed by atoms with Gasteiger partial charge in [0.1, 0.15) is 0 Å². The largest absolute Gasteiger partial charge is 0.325 e. The third-order valence-electron chi connectivity index (χ3n) is 4.26. The molecule has 3 rings (SSSR count). The first-order chi connectivity index (χ1) is 13.4. The first-order valence-electron chi connectivity index (χ1n) is 8.50. The Hall–Kier alpha value is -3.20. The lowest BCUT2D eigenvalue weighted by Crippen LogP contribution is -2.15. The topological polar surface area (TPSA) is 103 Å². The van der Waals surface area contributed by atoms with Crippen LogP contribution in [-0.2, 0) is 11.8 Å². The number of nitro benzene ring substituents is 1. The quantitative estimate of drug-likeness (QED) is 0.386. The second kappa shape index (κ2) is 8.22. The summed E-state index contributed by atoms with van der Waals surface area (Å²) < 4.78 is 1.85. The van der Waals surface area contributed by atoms with Crippen LogP contribution >= 0.6 is 11.8 Å². The molecule has 1 heterocycles. The number of carbonyl (C=O) groups excluding carboxylic acids is 1. The van der Waals surface area contributed by atoms with Crippen molar-refractivity contribution in [2.45, 2.75) is 19.0 Å². The molecule has 0 radical (unpaired) electrons. The van der Waals surface area contributed by atoms with Crippen LogP contribution in [0.1, 0.15) is 11.1 Å². The van der Waals surface area contributed by atoms with Crippen molar-refractivity contribution in [2.24, 2.45) is 7.05 Å². The van der Waals surface area contributed by atoms with E-state index in [1.807, 2.05) is 42.8 Å². The summed E-state index contributed by atoms with van der Waals surface area (Å²) in [6, 6.07) is 12.3. The Morgan fingerprint density at radius 1 is 1.18 bits per heavy atom. The zero-order chi connectivity index (χ0) is 20.3. The van der Waals surface area contributed by atoms with Crippen LogP contribution in [0, 0.1) is 24.0 Å². The highest BCUT2D eigenvalue weighted by Gasteiger charge is 2.15. The number of hydrogen-bond donors (Lipinski definition) is 1. The van der Waals surface area contributed by atoms with Crippen LogP contribution in [0.5, 0.6) is 0 Å². The summed E-state index contributed by atoms with van der Waals surface area (Å²) in [6.45, 7) is 3.79. The van der Waals surface area contributed by atoms with Crippen LogP contribution in [0.25, 0.3) is 11.4 Å². The Kier molecular flexibility index (Phi) is 5.74. The Morgan fingerprint density at radius 2 is 1.93 bits per heavy atom. The van der Waals surface area contributed by atoms with E-state index in [-0.39, 0.29) is 17.3 Å². The fourth-order valence-corrected chi connectivity index (χ4v) is 3.38. The molecule has 0 spiro atoms. The van der Waals surface area contributed by atoms with Crippen LogP contribution in [0.3, 0.4) is 0 Å². The lowest BCUT2D eigenvalue weighted by Gasteiger charge is -2.08. The van der Waals surface area contributed by atoms with E-state index in [9.17, 15) is 14.9 Å². The summed E-state index contributed by atoms with van der Waals surface area (Å²) in [6.07, 6.45) is 0. The van der Waals surface area contributed by atoms with Crippen molar-refractivity contribution in [3.63, 3.8) is 0 Å². The standard InChI is InChI=1S/C19H19N5O3S/c1-12-6-4-5-7-15(12)18-21-22-19(23(18)3)28-11-17(25)20-16-10-14(24(26)27)9-8-13(16)2/h4-10H,11H2,1-3H3,(H,20,25). The van der Waals surface area contributed by atoms with Gasteiger partial charge in [-0.3, -0.25) is 14.9 Å². The smallest absolute Gasteiger partial charge is 0.271 e. The van der Waals surface area contributed by atoms with E-state index < -0.39 is 4.92 Å². The average Bonchev–Trinajstić information content (AvgIpc) is 3.02. The van der Waals surface area contributed by atoms with Crippen LogP contribution < -0.4 is 5.32 Å². The number of carbonyl (C=O) groups is 1. The van der Waals surface area contributed by atoms with Crippen LogP contribution in [0.15, 0.2) is 47.6 Å². The summed E-state index contributed by atoms with van der Waals surface area (Å²) >= 11 is 1.26. The Labute approximate surface area is 166 Å². The molecule has 0 saturated heterocycles. The molecule has 0 fully saturated rings. The van der Waals surface area contributed by atoms with Gasteiger partial charge < -0.3 is 9.88 Å². The molecule has 2 aromatic carbocycles. The van der Waals surface area contributed by atoms with Gasteiger partial charge in [0.2, 0.25) is 5.91 Å². The van der Waals surface area contributed by atoms with Gasteiger partial charge in [0, 0.05) is 24.7 Å². The zero-order valence-electron chi connectivity index (χ0n) is 15.7. The molecular formula is C19H19N5O3S.